The quantitative estimate of drug-likeness (QED) is 0.812. The second-order valence-electron chi connectivity index (χ2n) is 2.08. The van der Waals surface area contributed by atoms with Crippen LogP contribution in [-0.4, -0.2) is 16.1 Å². The molecular formula is C7H6ClF2NO2. The first-order valence-electron chi connectivity index (χ1n) is 3.08. The van der Waals surface area contributed by atoms with E-state index in [9.17, 15) is 13.6 Å². The Labute approximate surface area is 78.8 Å². The largest absolute Gasteiger partial charge is 0.477 e. The van der Waals surface area contributed by atoms with E-state index in [1.807, 2.05) is 0 Å². The summed E-state index contributed by atoms with van der Waals surface area (Å²) < 4.78 is 23.8. The predicted octanol–water partition coefficient (Wildman–Crippen LogP) is 2.14. The average molecular weight is 210 g/mol. The lowest BCUT2D eigenvalue weighted by Gasteiger charge is -1.97. The van der Waals surface area contributed by atoms with E-state index in [0.29, 0.717) is 0 Å². The molecule has 0 unspecified atom stereocenters. The highest BCUT2D eigenvalue weighted by atomic mass is 35.5. The number of hydrogen-bond donors (Lipinski definition) is 1. The minimum Gasteiger partial charge on any atom is -0.477 e. The molecule has 0 aliphatic heterocycles. The maximum Gasteiger partial charge on any atom is 0.354 e. The van der Waals surface area contributed by atoms with E-state index in [1.54, 1.807) is 0 Å². The number of hydrogen-bond acceptors (Lipinski definition) is 2. The Kier molecular flexibility index (Phi) is 4.27. The van der Waals surface area contributed by atoms with Crippen molar-refractivity contribution in [1.29, 1.82) is 0 Å². The molecule has 3 nitrogen and oxygen atoms in total. The number of carboxylic acid groups (broad SMARTS) is 1. The average Bonchev–Trinajstić information content (AvgIpc) is 2.04. The Morgan fingerprint density at radius 2 is 2.08 bits per heavy atom. The van der Waals surface area contributed by atoms with Crippen LogP contribution < -0.4 is 0 Å². The zero-order chi connectivity index (χ0) is 9.14. The molecule has 0 aliphatic carbocycles. The van der Waals surface area contributed by atoms with Gasteiger partial charge in [0.15, 0.2) is 0 Å². The Bertz CT molecular complexity index is 289. The number of carboxylic acids is 1. The molecule has 1 heterocycles. The molecule has 1 rings (SSSR count). The smallest absolute Gasteiger partial charge is 0.354 e. The van der Waals surface area contributed by atoms with Crippen LogP contribution >= 0.6 is 12.4 Å². The van der Waals surface area contributed by atoms with Crippen LogP contribution in [0.5, 0.6) is 0 Å². The van der Waals surface area contributed by atoms with Gasteiger partial charge in [-0.15, -0.1) is 12.4 Å². The van der Waals surface area contributed by atoms with Gasteiger partial charge in [-0.05, 0) is 12.1 Å². The maximum absolute atomic E-state index is 11.9. The topological polar surface area (TPSA) is 50.2 Å². The zero-order valence-electron chi connectivity index (χ0n) is 6.28. The van der Waals surface area contributed by atoms with Crippen molar-refractivity contribution >= 4 is 18.4 Å². The molecule has 13 heavy (non-hydrogen) atoms. The normalized spacial score (nSPS) is 9.46. The van der Waals surface area contributed by atoms with Crippen molar-refractivity contribution in [2.75, 3.05) is 0 Å². The van der Waals surface area contributed by atoms with Crippen LogP contribution in [0.1, 0.15) is 22.5 Å². The molecule has 1 aromatic heterocycles. The van der Waals surface area contributed by atoms with Crippen molar-refractivity contribution in [3.05, 3.63) is 29.6 Å². The van der Waals surface area contributed by atoms with Gasteiger partial charge in [0, 0.05) is 11.8 Å². The van der Waals surface area contributed by atoms with Gasteiger partial charge in [0.1, 0.15) is 5.69 Å². The second-order valence-corrected chi connectivity index (χ2v) is 2.08. The lowest BCUT2D eigenvalue weighted by molar-refractivity contribution is 0.0690. The molecule has 0 aliphatic rings. The molecule has 0 radical (unpaired) electrons. The molecule has 1 aromatic rings. The molecule has 6 heteroatoms. The molecule has 72 valence electrons. The molecule has 0 fully saturated rings. The molecule has 0 saturated carbocycles. The molecule has 0 aromatic carbocycles. The summed E-state index contributed by atoms with van der Waals surface area (Å²) in [5, 5.41) is 8.36. The first kappa shape index (κ1) is 11.8. The van der Waals surface area contributed by atoms with E-state index in [2.05, 4.69) is 4.98 Å². The van der Waals surface area contributed by atoms with Crippen molar-refractivity contribution in [1.82, 2.24) is 4.98 Å². The number of rotatable bonds is 2. The van der Waals surface area contributed by atoms with E-state index < -0.39 is 12.4 Å². The summed E-state index contributed by atoms with van der Waals surface area (Å²) in [6.45, 7) is 0. The number of pyridine rings is 1. The van der Waals surface area contributed by atoms with Gasteiger partial charge in [-0.25, -0.2) is 18.6 Å². The Morgan fingerprint density at radius 3 is 2.38 bits per heavy atom. The van der Waals surface area contributed by atoms with Gasteiger partial charge in [-0.3, -0.25) is 0 Å². The van der Waals surface area contributed by atoms with Crippen LogP contribution in [0, 0.1) is 0 Å². The number of halogens is 3. The van der Waals surface area contributed by atoms with Crippen molar-refractivity contribution in [2.45, 2.75) is 6.43 Å². The van der Waals surface area contributed by atoms with Gasteiger partial charge in [-0.1, -0.05) is 0 Å². The van der Waals surface area contributed by atoms with Gasteiger partial charge < -0.3 is 5.11 Å². The molecule has 0 saturated heterocycles. The number of alkyl halides is 2. The molecular weight excluding hydrogens is 204 g/mol. The van der Waals surface area contributed by atoms with Crippen LogP contribution in [0.3, 0.4) is 0 Å². The van der Waals surface area contributed by atoms with E-state index in [0.717, 1.165) is 18.3 Å². The predicted molar refractivity (Wildman–Crippen MR) is 43.4 cm³/mol. The van der Waals surface area contributed by atoms with Crippen molar-refractivity contribution < 1.29 is 18.7 Å². The second kappa shape index (κ2) is 4.71. The third-order valence-corrected chi connectivity index (χ3v) is 1.26. The van der Waals surface area contributed by atoms with Gasteiger partial charge in [0.2, 0.25) is 0 Å². The minimum atomic E-state index is -2.61. The van der Waals surface area contributed by atoms with Gasteiger partial charge in [0.25, 0.3) is 6.43 Å². The highest BCUT2D eigenvalue weighted by molar-refractivity contribution is 5.85. The lowest BCUT2D eigenvalue weighted by Crippen LogP contribution is -2.00. The fraction of sp³-hybridized carbons (Fsp3) is 0.143. The highest BCUT2D eigenvalue weighted by Gasteiger charge is 2.09. The van der Waals surface area contributed by atoms with Crippen LogP contribution in [-0.2, 0) is 0 Å². The Hall–Kier alpha value is -1.23. The third-order valence-electron chi connectivity index (χ3n) is 1.26. The zero-order valence-corrected chi connectivity index (χ0v) is 7.09. The Morgan fingerprint density at radius 1 is 1.46 bits per heavy atom. The van der Waals surface area contributed by atoms with E-state index in [-0.39, 0.29) is 23.7 Å². The standard InChI is InChI=1S/C7H5F2NO2.ClH/c8-6(9)4-1-2-5(7(11)12)10-3-4;/h1-3,6H,(H,11,12);1H. The van der Waals surface area contributed by atoms with E-state index in [1.165, 1.54) is 0 Å². The van der Waals surface area contributed by atoms with Crippen LogP contribution in [0.25, 0.3) is 0 Å². The highest BCUT2D eigenvalue weighted by Crippen LogP contribution is 2.16. The summed E-state index contributed by atoms with van der Waals surface area (Å²) in [7, 11) is 0. The summed E-state index contributed by atoms with van der Waals surface area (Å²) in [4.78, 5) is 13.6. The monoisotopic (exact) mass is 209 g/mol. The summed E-state index contributed by atoms with van der Waals surface area (Å²) in [5.41, 5.74) is -0.514. The fourth-order valence-corrected chi connectivity index (χ4v) is 0.661. The van der Waals surface area contributed by atoms with E-state index in [4.69, 9.17) is 5.11 Å². The maximum atomic E-state index is 11.9. The van der Waals surface area contributed by atoms with Gasteiger partial charge >= 0.3 is 5.97 Å². The first-order chi connectivity index (χ1) is 5.61. The van der Waals surface area contributed by atoms with Gasteiger partial charge in [0.05, 0.1) is 0 Å². The van der Waals surface area contributed by atoms with Crippen molar-refractivity contribution in [3.63, 3.8) is 0 Å². The van der Waals surface area contributed by atoms with Crippen molar-refractivity contribution in [3.8, 4) is 0 Å². The van der Waals surface area contributed by atoms with Crippen LogP contribution in [0.15, 0.2) is 18.3 Å². The lowest BCUT2D eigenvalue weighted by atomic mass is 10.2. The number of aromatic nitrogens is 1. The van der Waals surface area contributed by atoms with Gasteiger partial charge in [-0.2, -0.15) is 0 Å². The molecule has 0 bridgehead atoms. The van der Waals surface area contributed by atoms with Crippen molar-refractivity contribution in [2.24, 2.45) is 0 Å². The molecule has 0 spiro atoms. The summed E-state index contributed by atoms with van der Waals surface area (Å²) in [5.74, 6) is -1.23. The fourth-order valence-electron chi connectivity index (χ4n) is 0.661. The van der Waals surface area contributed by atoms with Crippen LogP contribution in [0.4, 0.5) is 8.78 Å². The molecule has 0 atom stereocenters. The first-order valence-corrected chi connectivity index (χ1v) is 3.08. The Balaban J connectivity index is 0.00000144. The number of aromatic carboxylic acids is 1. The molecule has 0 amide bonds. The number of nitrogens with zero attached hydrogens (tertiary/aromatic N) is 1. The SMILES string of the molecule is Cl.O=C(O)c1ccc(C(F)F)cn1. The van der Waals surface area contributed by atoms with Crippen LogP contribution in [0.2, 0.25) is 0 Å². The summed E-state index contributed by atoms with van der Waals surface area (Å²) in [6.07, 6.45) is -1.76. The molecule has 1 N–H and O–H groups in total. The summed E-state index contributed by atoms with van der Waals surface area (Å²) in [6, 6.07) is 2.09. The minimum absolute atomic E-state index is 0. The number of carbonyl (C=O) groups is 1. The van der Waals surface area contributed by atoms with E-state index >= 15 is 0 Å². The summed E-state index contributed by atoms with van der Waals surface area (Å²) >= 11 is 0. The third kappa shape index (κ3) is 2.95.